The number of hydrogen-bond donors (Lipinski definition) is 3. The number of phenolic OH excluding ortho intramolecular Hbond substituents is 1. The van der Waals surface area contributed by atoms with E-state index in [1.165, 1.54) is 32.6 Å². The molecule has 3 N–H and O–H groups in total. The molecule has 1 aromatic carbocycles. The van der Waals surface area contributed by atoms with Crippen LogP contribution in [0.1, 0.15) is 75.5 Å². The third-order valence-corrected chi connectivity index (χ3v) is 8.69. The Bertz CT molecular complexity index is 1170. The number of benzene rings is 1. The molecule has 180 valence electrons. The number of aliphatic hydroxyl groups is 2. The average Bonchev–Trinajstić information content (AvgIpc) is 3.29. The average molecular weight is 465 g/mol. The zero-order valence-electron chi connectivity index (χ0n) is 19.8. The Labute approximate surface area is 199 Å². The van der Waals surface area contributed by atoms with E-state index in [1.807, 2.05) is 6.07 Å². The Hall–Kier alpha value is -2.73. The third-order valence-electron chi connectivity index (χ3n) is 8.69. The summed E-state index contributed by atoms with van der Waals surface area (Å²) >= 11 is 0. The molecule has 0 heterocycles. The number of allylic oxidation sites excluding steroid dienone is 1. The first-order valence-electron chi connectivity index (χ1n) is 12.4. The first kappa shape index (κ1) is 23.0. The molecule has 1 aromatic rings. The quantitative estimate of drug-likeness (QED) is 0.456. The number of ketones is 3. The number of aryl methyl sites for hydroxylation is 1. The van der Waals surface area contributed by atoms with Crippen LogP contribution in [0.4, 0.5) is 0 Å². The van der Waals surface area contributed by atoms with E-state index in [9.17, 15) is 29.7 Å². The topological polar surface area (TPSA) is 112 Å². The Morgan fingerprint density at radius 1 is 1.09 bits per heavy atom. The molecule has 0 amide bonds. The molecule has 0 aromatic heterocycles. The molecule has 6 nitrogen and oxygen atoms in total. The van der Waals surface area contributed by atoms with E-state index in [2.05, 4.69) is 0 Å². The van der Waals surface area contributed by atoms with Crippen molar-refractivity contribution < 1.29 is 29.7 Å². The van der Waals surface area contributed by atoms with Gasteiger partial charge in [0.1, 0.15) is 11.5 Å². The van der Waals surface area contributed by atoms with Crippen LogP contribution >= 0.6 is 0 Å². The summed E-state index contributed by atoms with van der Waals surface area (Å²) in [4.78, 5) is 38.9. The van der Waals surface area contributed by atoms with Crippen molar-refractivity contribution in [3.8, 4) is 5.75 Å². The number of aliphatic hydroxyl groups excluding tert-OH is 1. The molecular formula is C28H32O6. The molecule has 3 atom stereocenters. The zero-order valence-corrected chi connectivity index (χ0v) is 19.8. The van der Waals surface area contributed by atoms with Gasteiger partial charge < -0.3 is 15.3 Å². The van der Waals surface area contributed by atoms with Crippen molar-refractivity contribution >= 4 is 23.1 Å². The highest BCUT2D eigenvalue weighted by Crippen LogP contribution is 2.52. The van der Waals surface area contributed by atoms with Gasteiger partial charge in [-0.25, -0.2) is 0 Å². The molecule has 5 rings (SSSR count). The highest BCUT2D eigenvalue weighted by atomic mass is 16.3. The summed E-state index contributed by atoms with van der Waals surface area (Å²) in [6, 6.07) is 3.47. The molecule has 0 saturated heterocycles. The van der Waals surface area contributed by atoms with Crippen LogP contribution in [0.15, 0.2) is 28.9 Å². The first-order chi connectivity index (χ1) is 16.1. The third kappa shape index (κ3) is 3.29. The van der Waals surface area contributed by atoms with E-state index in [0.29, 0.717) is 24.3 Å². The van der Waals surface area contributed by atoms with Gasteiger partial charge in [-0.2, -0.15) is 0 Å². The van der Waals surface area contributed by atoms with E-state index in [0.717, 1.165) is 24.0 Å². The number of hydrogen-bond acceptors (Lipinski definition) is 6. The fraction of sp³-hybridized carbons (Fsp3) is 0.536. The number of rotatable bonds is 4. The fourth-order valence-electron chi connectivity index (χ4n) is 6.98. The molecule has 0 bridgehead atoms. The van der Waals surface area contributed by atoms with Crippen molar-refractivity contribution in [3.63, 3.8) is 0 Å². The summed E-state index contributed by atoms with van der Waals surface area (Å²) in [6.07, 6.45) is 8.07. The number of fused-ring (bicyclic) bond motifs is 3. The summed E-state index contributed by atoms with van der Waals surface area (Å²) in [7, 11) is 0. The van der Waals surface area contributed by atoms with Crippen molar-refractivity contribution in [2.75, 3.05) is 0 Å². The van der Waals surface area contributed by atoms with Crippen LogP contribution in [0.3, 0.4) is 0 Å². The van der Waals surface area contributed by atoms with Gasteiger partial charge in [-0.15, -0.1) is 0 Å². The highest BCUT2D eigenvalue weighted by Gasteiger charge is 2.60. The van der Waals surface area contributed by atoms with E-state index < -0.39 is 28.9 Å². The first-order valence-corrected chi connectivity index (χ1v) is 12.4. The molecule has 0 aliphatic heterocycles. The van der Waals surface area contributed by atoms with Crippen LogP contribution in [0, 0.1) is 17.8 Å². The standard InChI is InChI=1S/C28H32O6/c1-14-11-19-12-18-13-20-17(8-7-16-5-3-4-6-16)9-10-21(30)24(20)25(31)23(18)27(33)28(19,34)26(32)22(14)15(2)29/h9-10,16,18-19,30-31,34H,3-8,11-13H2,1-2H3/t18-,19-,28-/m0/s1. The van der Waals surface area contributed by atoms with Crippen LogP contribution in [0.5, 0.6) is 5.75 Å². The lowest BCUT2D eigenvalue weighted by atomic mass is 9.57. The molecule has 4 aliphatic rings. The summed E-state index contributed by atoms with van der Waals surface area (Å²) in [5.41, 5.74) is 0.321. The van der Waals surface area contributed by atoms with E-state index in [4.69, 9.17) is 0 Å². The van der Waals surface area contributed by atoms with Crippen molar-refractivity contribution in [3.05, 3.63) is 45.5 Å². The van der Waals surface area contributed by atoms with Gasteiger partial charge in [-0.05, 0) is 75.0 Å². The molecule has 0 radical (unpaired) electrons. The lowest BCUT2D eigenvalue weighted by Crippen LogP contribution is -2.61. The maximum absolute atomic E-state index is 13.6. The maximum Gasteiger partial charge on any atom is 0.206 e. The van der Waals surface area contributed by atoms with Crippen LogP contribution in [-0.4, -0.2) is 38.3 Å². The Morgan fingerprint density at radius 2 is 1.79 bits per heavy atom. The molecule has 2 saturated carbocycles. The minimum absolute atomic E-state index is 0.00491. The van der Waals surface area contributed by atoms with Crippen LogP contribution in [-0.2, 0) is 27.2 Å². The van der Waals surface area contributed by atoms with E-state index >= 15 is 0 Å². The Balaban J connectivity index is 1.56. The van der Waals surface area contributed by atoms with Gasteiger partial charge in [-0.1, -0.05) is 37.3 Å². The van der Waals surface area contributed by atoms with Crippen molar-refractivity contribution in [2.45, 2.75) is 77.2 Å². The van der Waals surface area contributed by atoms with E-state index in [1.54, 1.807) is 13.0 Å². The second-order valence-electron chi connectivity index (χ2n) is 10.7. The molecule has 6 heteroatoms. The van der Waals surface area contributed by atoms with Gasteiger partial charge in [0.05, 0.1) is 11.1 Å². The number of carbonyl (C=O) groups excluding carboxylic acids is 3. The second-order valence-corrected chi connectivity index (χ2v) is 10.7. The van der Waals surface area contributed by atoms with Gasteiger partial charge >= 0.3 is 0 Å². The lowest BCUT2D eigenvalue weighted by molar-refractivity contribution is -0.157. The summed E-state index contributed by atoms with van der Waals surface area (Å²) in [6.45, 7) is 2.96. The molecule has 0 unspecified atom stereocenters. The lowest BCUT2D eigenvalue weighted by Gasteiger charge is -2.46. The number of carbonyl (C=O) groups is 3. The summed E-state index contributed by atoms with van der Waals surface area (Å²) in [5.74, 6) is -2.90. The van der Waals surface area contributed by atoms with Gasteiger partial charge in [0.25, 0.3) is 0 Å². The Morgan fingerprint density at radius 3 is 2.47 bits per heavy atom. The Kier molecular flexibility index (Phi) is 5.55. The maximum atomic E-state index is 13.6. The predicted molar refractivity (Wildman–Crippen MR) is 126 cm³/mol. The zero-order chi connectivity index (χ0) is 24.4. The number of Topliss-reactive ketones (excluding diaryl/α,β-unsaturated/α-hetero) is 3. The molecule has 2 fully saturated rings. The van der Waals surface area contributed by atoms with E-state index in [-0.39, 0.29) is 40.6 Å². The van der Waals surface area contributed by atoms with Gasteiger partial charge in [0.15, 0.2) is 11.4 Å². The SMILES string of the molecule is CC(=O)C1=C(C)C[C@H]2C[C@H]3Cc4c(CCC5CCCC5)ccc(O)c4C(O)=C3C(=O)[C@@]2(O)C1=O. The molecular weight excluding hydrogens is 432 g/mol. The van der Waals surface area contributed by atoms with Crippen LogP contribution in [0.2, 0.25) is 0 Å². The van der Waals surface area contributed by atoms with Crippen LogP contribution < -0.4 is 0 Å². The largest absolute Gasteiger partial charge is 0.507 e. The normalized spacial score (nSPS) is 29.3. The van der Waals surface area contributed by atoms with Crippen molar-refractivity contribution in [1.29, 1.82) is 0 Å². The monoisotopic (exact) mass is 464 g/mol. The molecule has 0 spiro atoms. The second kappa shape index (κ2) is 8.19. The van der Waals surface area contributed by atoms with Gasteiger partial charge in [0, 0.05) is 11.5 Å². The predicted octanol–water partition coefficient (Wildman–Crippen LogP) is 4.15. The smallest absolute Gasteiger partial charge is 0.206 e. The van der Waals surface area contributed by atoms with Gasteiger partial charge in [0.2, 0.25) is 11.6 Å². The minimum atomic E-state index is -2.35. The molecule has 34 heavy (non-hydrogen) atoms. The highest BCUT2D eigenvalue weighted by molar-refractivity contribution is 6.33. The minimum Gasteiger partial charge on any atom is -0.507 e. The van der Waals surface area contributed by atoms with Crippen LogP contribution in [0.25, 0.3) is 5.76 Å². The van der Waals surface area contributed by atoms with Crippen molar-refractivity contribution in [2.24, 2.45) is 17.8 Å². The van der Waals surface area contributed by atoms with Gasteiger partial charge in [-0.3, -0.25) is 14.4 Å². The van der Waals surface area contributed by atoms with Crippen molar-refractivity contribution in [1.82, 2.24) is 0 Å². The molecule has 4 aliphatic carbocycles. The fourth-order valence-corrected chi connectivity index (χ4v) is 6.98. The number of phenols is 1. The number of aromatic hydroxyl groups is 1. The summed E-state index contributed by atoms with van der Waals surface area (Å²) in [5, 5.41) is 33.3. The summed E-state index contributed by atoms with van der Waals surface area (Å²) < 4.78 is 0.